The molecule has 2 aromatic rings. The van der Waals surface area contributed by atoms with Crippen molar-refractivity contribution in [2.45, 2.75) is 26.9 Å². The average Bonchev–Trinajstić information content (AvgIpc) is 2.78. The number of hydrogen-bond donors (Lipinski definition) is 1. The molecule has 0 radical (unpaired) electrons. The minimum atomic E-state index is 0.850. The van der Waals surface area contributed by atoms with Crippen LogP contribution in [0.2, 0.25) is 0 Å². The molecule has 2 heterocycles. The van der Waals surface area contributed by atoms with Crippen molar-refractivity contribution in [1.82, 2.24) is 15.3 Å². The minimum absolute atomic E-state index is 0.850. The number of nitrogens with one attached hydrogen (secondary N) is 1. The lowest BCUT2D eigenvalue weighted by molar-refractivity contribution is 0.757. The molecule has 3 heteroatoms. The van der Waals surface area contributed by atoms with Gasteiger partial charge in [0.25, 0.3) is 0 Å². The minimum Gasteiger partial charge on any atom is -0.307 e. The highest BCUT2D eigenvalue weighted by atomic mass is 15.0. The standard InChI is InChI=1S/C14H15N3/c1-9-5-3-4-6-11(9)14-16-10(2)12-7-15-8-13(12)17-14/h3-6,15H,7-8H2,1-2H3. The summed E-state index contributed by atoms with van der Waals surface area (Å²) in [6.45, 7) is 5.92. The van der Waals surface area contributed by atoms with Gasteiger partial charge in [-0.2, -0.15) is 0 Å². The van der Waals surface area contributed by atoms with Crippen molar-refractivity contribution in [1.29, 1.82) is 0 Å². The van der Waals surface area contributed by atoms with E-state index in [2.05, 4.69) is 41.3 Å². The second-order valence-electron chi connectivity index (χ2n) is 4.48. The highest BCUT2D eigenvalue weighted by Crippen LogP contribution is 2.23. The molecule has 0 saturated heterocycles. The summed E-state index contributed by atoms with van der Waals surface area (Å²) < 4.78 is 0. The van der Waals surface area contributed by atoms with Gasteiger partial charge >= 0.3 is 0 Å². The van der Waals surface area contributed by atoms with Gasteiger partial charge in [0.2, 0.25) is 0 Å². The number of rotatable bonds is 1. The Morgan fingerprint density at radius 2 is 1.88 bits per heavy atom. The van der Waals surface area contributed by atoms with E-state index in [1.807, 2.05) is 12.1 Å². The zero-order valence-electron chi connectivity index (χ0n) is 10.1. The highest BCUT2D eigenvalue weighted by Gasteiger charge is 2.17. The summed E-state index contributed by atoms with van der Waals surface area (Å²) in [5, 5.41) is 3.32. The Hall–Kier alpha value is -1.74. The Bertz CT molecular complexity index is 576. The third-order valence-electron chi connectivity index (χ3n) is 3.28. The van der Waals surface area contributed by atoms with Gasteiger partial charge in [0.15, 0.2) is 5.82 Å². The fraction of sp³-hybridized carbons (Fsp3) is 0.286. The number of nitrogens with zero attached hydrogens (tertiary/aromatic N) is 2. The Morgan fingerprint density at radius 3 is 2.71 bits per heavy atom. The van der Waals surface area contributed by atoms with E-state index in [9.17, 15) is 0 Å². The van der Waals surface area contributed by atoms with E-state index in [1.165, 1.54) is 11.1 Å². The number of benzene rings is 1. The van der Waals surface area contributed by atoms with Crippen LogP contribution >= 0.6 is 0 Å². The van der Waals surface area contributed by atoms with Crippen LogP contribution in [0.4, 0.5) is 0 Å². The van der Waals surface area contributed by atoms with Gasteiger partial charge in [-0.05, 0) is 19.4 Å². The highest BCUT2D eigenvalue weighted by molar-refractivity contribution is 5.60. The first-order valence-electron chi connectivity index (χ1n) is 5.89. The number of aryl methyl sites for hydroxylation is 2. The van der Waals surface area contributed by atoms with Crippen molar-refractivity contribution in [3.05, 3.63) is 46.8 Å². The van der Waals surface area contributed by atoms with Crippen LogP contribution < -0.4 is 5.32 Å². The summed E-state index contributed by atoms with van der Waals surface area (Å²) in [6.07, 6.45) is 0. The van der Waals surface area contributed by atoms with E-state index >= 15 is 0 Å². The molecule has 1 aliphatic heterocycles. The van der Waals surface area contributed by atoms with Gasteiger partial charge in [0, 0.05) is 29.9 Å². The molecule has 1 N–H and O–H groups in total. The monoisotopic (exact) mass is 225 g/mol. The van der Waals surface area contributed by atoms with Crippen LogP contribution in [0.1, 0.15) is 22.5 Å². The van der Waals surface area contributed by atoms with Crippen LogP contribution in [0, 0.1) is 13.8 Å². The van der Waals surface area contributed by atoms with Crippen LogP contribution in [0.3, 0.4) is 0 Å². The molecule has 0 saturated carbocycles. The Labute approximate surface area is 101 Å². The van der Waals surface area contributed by atoms with E-state index in [0.717, 1.165) is 35.9 Å². The molecule has 0 amide bonds. The zero-order chi connectivity index (χ0) is 11.8. The van der Waals surface area contributed by atoms with Crippen molar-refractivity contribution in [3.63, 3.8) is 0 Å². The maximum atomic E-state index is 4.67. The van der Waals surface area contributed by atoms with Crippen molar-refractivity contribution in [2.75, 3.05) is 0 Å². The van der Waals surface area contributed by atoms with Gasteiger partial charge in [0.1, 0.15) is 0 Å². The molecule has 0 spiro atoms. The molecule has 0 atom stereocenters. The van der Waals surface area contributed by atoms with Gasteiger partial charge in [-0.25, -0.2) is 9.97 Å². The third-order valence-corrected chi connectivity index (χ3v) is 3.28. The summed E-state index contributed by atoms with van der Waals surface area (Å²) in [7, 11) is 0. The molecule has 0 bridgehead atoms. The van der Waals surface area contributed by atoms with Crippen LogP contribution in [-0.2, 0) is 13.1 Å². The second kappa shape index (κ2) is 3.93. The van der Waals surface area contributed by atoms with E-state index in [4.69, 9.17) is 0 Å². The lowest BCUT2D eigenvalue weighted by Gasteiger charge is -2.08. The molecular weight excluding hydrogens is 210 g/mol. The van der Waals surface area contributed by atoms with Crippen LogP contribution in [0.5, 0.6) is 0 Å². The first kappa shape index (κ1) is 10.4. The zero-order valence-corrected chi connectivity index (χ0v) is 10.1. The molecule has 17 heavy (non-hydrogen) atoms. The fourth-order valence-corrected chi connectivity index (χ4v) is 2.28. The molecule has 3 nitrogen and oxygen atoms in total. The predicted molar refractivity (Wildman–Crippen MR) is 67.5 cm³/mol. The van der Waals surface area contributed by atoms with Crippen molar-refractivity contribution < 1.29 is 0 Å². The first-order chi connectivity index (χ1) is 8.25. The summed E-state index contributed by atoms with van der Waals surface area (Å²) in [6, 6.07) is 8.26. The summed E-state index contributed by atoms with van der Waals surface area (Å²) in [5.41, 5.74) is 5.86. The van der Waals surface area contributed by atoms with Gasteiger partial charge in [-0.3, -0.25) is 0 Å². The van der Waals surface area contributed by atoms with Crippen LogP contribution in [0.15, 0.2) is 24.3 Å². The van der Waals surface area contributed by atoms with Crippen molar-refractivity contribution in [2.24, 2.45) is 0 Å². The molecule has 1 aromatic heterocycles. The SMILES string of the molecule is Cc1ccccc1-c1nc(C)c2c(n1)CNC2. The number of aromatic nitrogens is 2. The Morgan fingerprint density at radius 1 is 1.06 bits per heavy atom. The summed E-state index contributed by atoms with van der Waals surface area (Å²) in [5.74, 6) is 0.850. The summed E-state index contributed by atoms with van der Waals surface area (Å²) in [4.78, 5) is 9.30. The van der Waals surface area contributed by atoms with E-state index in [0.29, 0.717) is 0 Å². The molecule has 0 fully saturated rings. The Balaban J connectivity index is 2.17. The molecule has 0 aliphatic carbocycles. The lowest BCUT2D eigenvalue weighted by Crippen LogP contribution is -2.00. The predicted octanol–water partition coefficient (Wildman–Crippen LogP) is 2.36. The smallest absolute Gasteiger partial charge is 0.159 e. The second-order valence-corrected chi connectivity index (χ2v) is 4.48. The molecule has 3 rings (SSSR count). The van der Waals surface area contributed by atoms with E-state index in [1.54, 1.807) is 0 Å². The molecule has 0 unspecified atom stereocenters. The van der Waals surface area contributed by atoms with E-state index < -0.39 is 0 Å². The Kier molecular flexibility index (Phi) is 2.41. The third kappa shape index (κ3) is 1.72. The number of hydrogen-bond acceptors (Lipinski definition) is 3. The topological polar surface area (TPSA) is 37.8 Å². The van der Waals surface area contributed by atoms with Gasteiger partial charge < -0.3 is 5.32 Å². The molecule has 1 aromatic carbocycles. The first-order valence-corrected chi connectivity index (χ1v) is 5.89. The molecule has 1 aliphatic rings. The fourth-order valence-electron chi connectivity index (χ4n) is 2.28. The van der Waals surface area contributed by atoms with E-state index in [-0.39, 0.29) is 0 Å². The normalized spacial score (nSPS) is 13.8. The van der Waals surface area contributed by atoms with Crippen molar-refractivity contribution >= 4 is 0 Å². The quantitative estimate of drug-likeness (QED) is 0.809. The van der Waals surface area contributed by atoms with Gasteiger partial charge in [-0.1, -0.05) is 24.3 Å². The average molecular weight is 225 g/mol. The lowest BCUT2D eigenvalue weighted by atomic mass is 10.1. The maximum absolute atomic E-state index is 4.67. The van der Waals surface area contributed by atoms with Gasteiger partial charge in [-0.15, -0.1) is 0 Å². The maximum Gasteiger partial charge on any atom is 0.159 e. The van der Waals surface area contributed by atoms with Crippen molar-refractivity contribution in [3.8, 4) is 11.4 Å². The summed E-state index contributed by atoms with van der Waals surface area (Å²) >= 11 is 0. The molecule has 86 valence electrons. The largest absolute Gasteiger partial charge is 0.307 e. The van der Waals surface area contributed by atoms with Gasteiger partial charge in [0.05, 0.1) is 5.69 Å². The number of fused-ring (bicyclic) bond motifs is 1. The van der Waals surface area contributed by atoms with Crippen LogP contribution in [-0.4, -0.2) is 9.97 Å². The molecular formula is C14H15N3. The van der Waals surface area contributed by atoms with Crippen LogP contribution in [0.25, 0.3) is 11.4 Å².